The number of nitrogens with two attached hydrogens (primary N) is 2. The van der Waals surface area contributed by atoms with Crippen molar-refractivity contribution in [3.63, 3.8) is 0 Å². The highest BCUT2D eigenvalue weighted by molar-refractivity contribution is 6.17. The Labute approximate surface area is 133 Å². The molecule has 0 saturated carbocycles. The van der Waals surface area contributed by atoms with Crippen molar-refractivity contribution < 1.29 is 4.52 Å². The summed E-state index contributed by atoms with van der Waals surface area (Å²) in [5.41, 5.74) is 13.5. The lowest BCUT2D eigenvalue weighted by atomic mass is 9.91. The molecule has 8 heteroatoms. The molecule has 0 spiro atoms. The van der Waals surface area contributed by atoms with E-state index in [1.807, 2.05) is 13.8 Å². The zero-order valence-corrected chi connectivity index (χ0v) is 12.9. The van der Waals surface area contributed by atoms with Crippen LogP contribution in [-0.4, -0.2) is 35.3 Å². The van der Waals surface area contributed by atoms with E-state index in [4.69, 9.17) is 21.4 Å². The van der Waals surface area contributed by atoms with Gasteiger partial charge in [-0.25, -0.2) is 0 Å². The quantitative estimate of drug-likeness (QED) is 0.629. The summed E-state index contributed by atoms with van der Waals surface area (Å²) in [6.45, 7) is 3.94. The third-order valence-electron chi connectivity index (χ3n) is 3.61. The predicted octanol–water partition coefficient (Wildman–Crippen LogP) is 1.12. The summed E-state index contributed by atoms with van der Waals surface area (Å²) in [5.74, 6) is 0.502. The molecule has 23 heavy (non-hydrogen) atoms. The van der Waals surface area contributed by atoms with Crippen LogP contribution < -0.4 is 16.8 Å². The minimum Gasteiger partial charge on any atom is -0.380 e. The van der Waals surface area contributed by atoms with Crippen LogP contribution >= 0.6 is 0 Å². The number of fused-ring (bicyclic) bond motifs is 1. The number of nitrogen functional groups attached to an aromatic ring is 1. The third kappa shape index (κ3) is 2.80. The average molecular weight is 313 g/mol. The van der Waals surface area contributed by atoms with Gasteiger partial charge in [0.25, 0.3) is 0 Å². The Kier molecular flexibility index (Phi) is 3.83. The highest BCUT2D eigenvalue weighted by atomic mass is 16.5. The lowest BCUT2D eigenvalue weighted by molar-refractivity contribution is 0.460. The van der Waals surface area contributed by atoms with E-state index in [2.05, 4.69) is 20.5 Å². The Morgan fingerprint density at radius 2 is 2.22 bits per heavy atom. The van der Waals surface area contributed by atoms with Gasteiger partial charge >= 0.3 is 0 Å². The predicted molar refractivity (Wildman–Crippen MR) is 90.9 cm³/mol. The first-order valence-corrected chi connectivity index (χ1v) is 7.32. The number of hydrogen-bond acceptors (Lipinski definition) is 7. The highest BCUT2D eigenvalue weighted by Crippen LogP contribution is 2.24. The molecule has 0 bridgehead atoms. The number of rotatable bonds is 3. The normalized spacial score (nSPS) is 22.7. The molecule has 3 rings (SSSR count). The lowest BCUT2D eigenvalue weighted by Crippen LogP contribution is -2.49. The van der Waals surface area contributed by atoms with E-state index in [9.17, 15) is 0 Å². The lowest BCUT2D eigenvalue weighted by Gasteiger charge is -2.27. The van der Waals surface area contributed by atoms with E-state index in [0.29, 0.717) is 33.9 Å². The first-order valence-electron chi connectivity index (χ1n) is 7.32. The molecule has 0 radical (unpaired) electrons. The van der Waals surface area contributed by atoms with Gasteiger partial charge in [-0.2, -0.15) is 0 Å². The van der Waals surface area contributed by atoms with Crippen molar-refractivity contribution in [2.24, 2.45) is 21.6 Å². The monoisotopic (exact) mass is 313 g/mol. The number of nitrogens with zero attached hydrogens (tertiary/aromatic N) is 3. The standard InChI is InChI=1S/C15H19N7O/c1-7(2)21-15-11(14(18)19-6-20-15)12(16)8-3-4-10-9(5-8)13(17)22-23-10/h3-7,11,14,16H,18H2,1-2H3,(H2,17,22)(H,19,20,21). The van der Waals surface area contributed by atoms with Crippen molar-refractivity contribution in [2.45, 2.75) is 26.1 Å². The van der Waals surface area contributed by atoms with Crippen molar-refractivity contribution >= 4 is 34.7 Å². The maximum absolute atomic E-state index is 8.56. The van der Waals surface area contributed by atoms with Crippen molar-refractivity contribution in [1.82, 2.24) is 10.5 Å². The first kappa shape index (κ1) is 15.2. The van der Waals surface area contributed by atoms with E-state index in [0.717, 1.165) is 0 Å². The van der Waals surface area contributed by atoms with Gasteiger partial charge in [-0.15, -0.1) is 0 Å². The highest BCUT2D eigenvalue weighted by Gasteiger charge is 2.31. The Morgan fingerprint density at radius 3 is 2.96 bits per heavy atom. The van der Waals surface area contributed by atoms with Crippen molar-refractivity contribution in [2.75, 3.05) is 5.73 Å². The van der Waals surface area contributed by atoms with Crippen LogP contribution in [0.25, 0.3) is 11.0 Å². The molecule has 120 valence electrons. The summed E-state index contributed by atoms with van der Waals surface area (Å²) in [4.78, 5) is 8.67. The van der Waals surface area contributed by atoms with E-state index in [1.54, 1.807) is 18.2 Å². The second-order valence-corrected chi connectivity index (χ2v) is 5.69. The topological polar surface area (TPSA) is 139 Å². The molecule has 1 aliphatic heterocycles. The van der Waals surface area contributed by atoms with Gasteiger partial charge in [0, 0.05) is 6.04 Å². The van der Waals surface area contributed by atoms with Crippen LogP contribution in [0.1, 0.15) is 19.4 Å². The molecule has 6 N–H and O–H groups in total. The maximum atomic E-state index is 8.56. The molecular formula is C15H19N7O. The molecule has 1 aromatic carbocycles. The van der Waals surface area contributed by atoms with E-state index in [-0.39, 0.29) is 6.04 Å². The van der Waals surface area contributed by atoms with Crippen molar-refractivity contribution in [3.8, 4) is 0 Å². The van der Waals surface area contributed by atoms with Gasteiger partial charge in [-0.1, -0.05) is 5.16 Å². The van der Waals surface area contributed by atoms with Crippen LogP contribution in [-0.2, 0) is 0 Å². The van der Waals surface area contributed by atoms with Crippen LogP contribution in [0.5, 0.6) is 0 Å². The smallest absolute Gasteiger partial charge is 0.174 e. The number of benzene rings is 1. The Bertz CT molecular complexity index is 805. The van der Waals surface area contributed by atoms with Gasteiger partial charge in [0.2, 0.25) is 0 Å². The minimum absolute atomic E-state index is 0.0858. The van der Waals surface area contributed by atoms with Crippen LogP contribution in [0.15, 0.2) is 32.7 Å². The number of amidine groups is 1. The molecule has 2 aromatic rings. The fourth-order valence-electron chi connectivity index (χ4n) is 2.53. The second kappa shape index (κ2) is 5.81. The first-order chi connectivity index (χ1) is 11.0. The fourth-order valence-corrected chi connectivity index (χ4v) is 2.53. The number of aromatic nitrogens is 1. The SMILES string of the molecule is CC(C)N=C1NC=NC(N)C1C(=N)c1ccc2onc(N)c2c1. The molecule has 1 aromatic heterocycles. The Hall–Kier alpha value is -2.74. The number of anilines is 1. The summed E-state index contributed by atoms with van der Waals surface area (Å²) in [6, 6.07) is 5.39. The molecule has 2 unspecified atom stereocenters. The van der Waals surface area contributed by atoms with Gasteiger partial charge in [-0.3, -0.25) is 9.98 Å². The Morgan fingerprint density at radius 1 is 1.43 bits per heavy atom. The number of nitrogens with one attached hydrogen (secondary N) is 2. The van der Waals surface area contributed by atoms with Gasteiger partial charge in [-0.05, 0) is 37.6 Å². The summed E-state index contributed by atoms with van der Waals surface area (Å²) in [7, 11) is 0. The van der Waals surface area contributed by atoms with Crippen molar-refractivity contribution in [3.05, 3.63) is 23.8 Å². The molecule has 0 amide bonds. The second-order valence-electron chi connectivity index (χ2n) is 5.69. The summed E-state index contributed by atoms with van der Waals surface area (Å²) in [6.07, 6.45) is 0.966. The van der Waals surface area contributed by atoms with Gasteiger partial charge in [0.05, 0.1) is 23.4 Å². The van der Waals surface area contributed by atoms with Crippen molar-refractivity contribution in [1.29, 1.82) is 5.41 Å². The van der Waals surface area contributed by atoms with Crippen LogP contribution in [0.4, 0.5) is 5.82 Å². The van der Waals surface area contributed by atoms with E-state index in [1.165, 1.54) is 6.34 Å². The molecule has 0 saturated heterocycles. The molecule has 0 aliphatic carbocycles. The molecule has 1 aliphatic rings. The van der Waals surface area contributed by atoms with Crippen LogP contribution in [0, 0.1) is 11.3 Å². The van der Waals surface area contributed by atoms with Gasteiger partial charge in [0.15, 0.2) is 11.4 Å². The van der Waals surface area contributed by atoms with E-state index >= 15 is 0 Å². The Balaban J connectivity index is 2.01. The molecule has 0 fully saturated rings. The number of aliphatic imine (C=N–C) groups is 2. The zero-order chi connectivity index (χ0) is 16.6. The van der Waals surface area contributed by atoms with Crippen LogP contribution in [0.3, 0.4) is 0 Å². The summed E-state index contributed by atoms with van der Waals surface area (Å²) < 4.78 is 5.09. The molecule has 2 atom stereocenters. The largest absolute Gasteiger partial charge is 0.380 e. The van der Waals surface area contributed by atoms with E-state index < -0.39 is 12.1 Å². The summed E-state index contributed by atoms with van der Waals surface area (Å²) >= 11 is 0. The van der Waals surface area contributed by atoms with Gasteiger partial charge in [0.1, 0.15) is 12.0 Å². The summed E-state index contributed by atoms with van der Waals surface area (Å²) in [5, 5.41) is 16.0. The maximum Gasteiger partial charge on any atom is 0.174 e. The zero-order valence-electron chi connectivity index (χ0n) is 12.9. The molecule has 2 heterocycles. The average Bonchev–Trinajstić information content (AvgIpc) is 2.87. The minimum atomic E-state index is -0.559. The third-order valence-corrected chi connectivity index (χ3v) is 3.61. The number of hydrogen-bond donors (Lipinski definition) is 4. The molecule has 8 nitrogen and oxygen atoms in total. The fraction of sp³-hybridized carbons (Fsp3) is 0.333. The van der Waals surface area contributed by atoms with Gasteiger partial charge < -0.3 is 26.7 Å². The molecular weight excluding hydrogens is 294 g/mol. The van der Waals surface area contributed by atoms with Crippen LogP contribution in [0.2, 0.25) is 0 Å².